The first kappa shape index (κ1) is 35.2. The molecule has 4 aromatic rings. The van der Waals surface area contributed by atoms with Gasteiger partial charge in [-0.3, -0.25) is 4.79 Å². The van der Waals surface area contributed by atoms with Crippen LogP contribution in [-0.4, -0.2) is 15.9 Å². The molecular formula is C35H39F3IrNO2-. The zero-order chi connectivity index (χ0) is 30.3. The van der Waals surface area contributed by atoms with Gasteiger partial charge in [-0.05, 0) is 71.1 Å². The van der Waals surface area contributed by atoms with Gasteiger partial charge in [0.25, 0.3) is 0 Å². The van der Waals surface area contributed by atoms with Crippen LogP contribution in [-0.2, 0) is 31.1 Å². The average Bonchev–Trinajstić information content (AvgIpc) is 2.93. The fourth-order valence-electron chi connectivity index (χ4n) is 5.19. The summed E-state index contributed by atoms with van der Waals surface area (Å²) in [4.78, 5) is 16.2. The largest absolute Gasteiger partial charge is 0.512 e. The minimum absolute atomic E-state index is 0. The van der Waals surface area contributed by atoms with E-state index < -0.39 is 11.7 Å². The van der Waals surface area contributed by atoms with Gasteiger partial charge in [-0.1, -0.05) is 59.7 Å². The minimum Gasteiger partial charge on any atom is -0.512 e. The number of ketones is 1. The molecule has 0 amide bonds. The maximum absolute atomic E-state index is 13.0. The first-order valence-corrected chi connectivity index (χ1v) is 14.3. The van der Waals surface area contributed by atoms with E-state index in [-0.39, 0.29) is 43.5 Å². The van der Waals surface area contributed by atoms with Crippen molar-refractivity contribution in [1.82, 2.24) is 4.98 Å². The zero-order valence-electron chi connectivity index (χ0n) is 25.0. The fourth-order valence-corrected chi connectivity index (χ4v) is 5.19. The van der Waals surface area contributed by atoms with Gasteiger partial charge in [-0.15, -0.1) is 34.9 Å². The third-order valence-corrected chi connectivity index (χ3v) is 7.57. The number of carbonyl (C=O) groups is 1. The second-order valence-corrected chi connectivity index (χ2v) is 10.5. The van der Waals surface area contributed by atoms with E-state index in [0.29, 0.717) is 5.39 Å². The van der Waals surface area contributed by atoms with Gasteiger partial charge in [-0.25, -0.2) is 0 Å². The SMILES string of the molecule is CCC(CC)C(=O)/C=C(\O)C(CC)CC.Cc1[c-]c(-c2nccc3c2ccc2cc(C(F)(F)F)ccc23)cc(C)c1.[Ir]. The van der Waals surface area contributed by atoms with Crippen molar-refractivity contribution >= 4 is 27.3 Å². The Hall–Kier alpha value is -3.02. The second kappa shape index (κ2) is 15.4. The predicted octanol–water partition coefficient (Wildman–Crippen LogP) is 10.4. The summed E-state index contributed by atoms with van der Waals surface area (Å²) in [5.74, 6) is 0.547. The quantitative estimate of drug-likeness (QED) is 0.0844. The Kier molecular flexibility index (Phi) is 12.9. The normalized spacial score (nSPS) is 11.9. The number of hydrogen-bond acceptors (Lipinski definition) is 3. The molecule has 0 fully saturated rings. The standard InChI is InChI=1S/C22H15F3N.C13H24O2.Ir/c1-13-9-14(2)11-16(10-13)21-20-5-3-15-12-17(22(23,24)25)4-6-18(15)19(20)7-8-26-21;1-5-10(6-2)12(14)9-13(15)11(7-3)8-4;/h3-10,12H,1-2H3;9-11,14H,5-8H2,1-4H3;/q-1;;/b;12-9-;. The molecule has 1 heterocycles. The number of alkyl halides is 3. The summed E-state index contributed by atoms with van der Waals surface area (Å²) in [6.45, 7) is 12.1. The fraction of sp³-hybridized carbons (Fsp3) is 0.371. The van der Waals surface area contributed by atoms with E-state index in [2.05, 4.69) is 11.1 Å². The number of carbonyl (C=O) groups excluding carboxylic acids is 1. The number of aromatic nitrogens is 1. The van der Waals surface area contributed by atoms with Gasteiger partial charge >= 0.3 is 6.18 Å². The molecule has 0 aliphatic heterocycles. The molecule has 227 valence electrons. The third kappa shape index (κ3) is 8.51. The van der Waals surface area contributed by atoms with Crippen molar-refractivity contribution in [3.63, 3.8) is 0 Å². The third-order valence-electron chi connectivity index (χ3n) is 7.57. The summed E-state index contributed by atoms with van der Waals surface area (Å²) in [6, 6.07) is 16.7. The van der Waals surface area contributed by atoms with E-state index in [0.717, 1.165) is 70.3 Å². The van der Waals surface area contributed by atoms with Crippen molar-refractivity contribution in [2.24, 2.45) is 11.8 Å². The summed E-state index contributed by atoms with van der Waals surface area (Å²) in [6.07, 6.45) is 2.25. The van der Waals surface area contributed by atoms with Crippen molar-refractivity contribution in [2.45, 2.75) is 73.4 Å². The molecule has 0 spiro atoms. The van der Waals surface area contributed by atoms with Gasteiger partial charge in [0.05, 0.1) is 11.3 Å². The van der Waals surface area contributed by atoms with Gasteiger partial charge in [0, 0.05) is 44.2 Å². The van der Waals surface area contributed by atoms with E-state index in [9.17, 15) is 23.1 Å². The molecule has 0 aliphatic rings. The summed E-state index contributed by atoms with van der Waals surface area (Å²) >= 11 is 0. The molecule has 0 atom stereocenters. The molecule has 0 bridgehead atoms. The van der Waals surface area contributed by atoms with E-state index in [1.165, 1.54) is 18.2 Å². The topological polar surface area (TPSA) is 50.2 Å². The molecule has 3 nitrogen and oxygen atoms in total. The van der Waals surface area contributed by atoms with Crippen LogP contribution in [0.15, 0.2) is 66.6 Å². The van der Waals surface area contributed by atoms with E-state index in [4.69, 9.17) is 0 Å². The van der Waals surface area contributed by atoms with Crippen LogP contribution in [0.5, 0.6) is 0 Å². The number of hydrogen-bond donors (Lipinski definition) is 1. The van der Waals surface area contributed by atoms with E-state index in [1.807, 2.05) is 65.8 Å². The first-order valence-electron chi connectivity index (χ1n) is 14.3. The minimum atomic E-state index is -4.35. The Morgan fingerprint density at radius 1 is 0.881 bits per heavy atom. The Morgan fingerprint density at radius 3 is 2.07 bits per heavy atom. The molecule has 1 aromatic heterocycles. The van der Waals surface area contributed by atoms with Gasteiger partial charge in [-0.2, -0.15) is 13.2 Å². The summed E-state index contributed by atoms with van der Waals surface area (Å²) < 4.78 is 38.9. The molecule has 1 radical (unpaired) electrons. The molecule has 0 saturated carbocycles. The molecular weight excluding hydrogens is 716 g/mol. The van der Waals surface area contributed by atoms with Crippen molar-refractivity contribution in [3.8, 4) is 11.3 Å². The predicted molar refractivity (Wildman–Crippen MR) is 162 cm³/mol. The maximum Gasteiger partial charge on any atom is 0.416 e. The number of aliphatic hydroxyl groups excluding tert-OH is 1. The van der Waals surface area contributed by atoms with Crippen LogP contribution in [0, 0.1) is 31.7 Å². The number of nitrogens with zero attached hydrogens (tertiary/aromatic N) is 1. The van der Waals surface area contributed by atoms with Crippen molar-refractivity contribution in [3.05, 3.63) is 89.3 Å². The number of benzene rings is 3. The van der Waals surface area contributed by atoms with E-state index in [1.54, 1.807) is 12.3 Å². The van der Waals surface area contributed by atoms with Crippen molar-refractivity contribution < 1.29 is 43.2 Å². The van der Waals surface area contributed by atoms with Crippen LogP contribution in [0.2, 0.25) is 0 Å². The number of halogens is 3. The first-order chi connectivity index (χ1) is 19.4. The van der Waals surface area contributed by atoms with Gasteiger partial charge < -0.3 is 10.1 Å². The second-order valence-electron chi connectivity index (χ2n) is 10.5. The number of aliphatic hydroxyl groups is 1. The van der Waals surface area contributed by atoms with Crippen molar-refractivity contribution in [2.75, 3.05) is 0 Å². The van der Waals surface area contributed by atoms with Gasteiger partial charge in [0.15, 0.2) is 5.78 Å². The Bertz CT molecular complexity index is 1520. The van der Waals surface area contributed by atoms with Crippen LogP contribution in [0.25, 0.3) is 32.8 Å². The van der Waals surface area contributed by atoms with Crippen LogP contribution >= 0.6 is 0 Å². The average molecular weight is 755 g/mol. The Balaban J connectivity index is 0.000000334. The van der Waals surface area contributed by atoms with Gasteiger partial charge in [0.2, 0.25) is 0 Å². The zero-order valence-corrected chi connectivity index (χ0v) is 27.4. The van der Waals surface area contributed by atoms with Crippen LogP contribution < -0.4 is 0 Å². The summed E-state index contributed by atoms with van der Waals surface area (Å²) in [5, 5.41) is 12.9. The monoisotopic (exact) mass is 755 g/mol. The number of allylic oxidation sites excluding steroid dienone is 2. The number of aryl methyl sites for hydroxylation is 2. The maximum atomic E-state index is 13.0. The van der Waals surface area contributed by atoms with Crippen molar-refractivity contribution in [1.29, 1.82) is 0 Å². The van der Waals surface area contributed by atoms with Crippen LogP contribution in [0.4, 0.5) is 13.2 Å². The molecule has 1 N–H and O–H groups in total. The van der Waals surface area contributed by atoms with Crippen LogP contribution in [0.3, 0.4) is 0 Å². The Morgan fingerprint density at radius 2 is 1.50 bits per heavy atom. The smallest absolute Gasteiger partial charge is 0.416 e. The van der Waals surface area contributed by atoms with Crippen LogP contribution in [0.1, 0.15) is 70.1 Å². The molecule has 0 saturated heterocycles. The Labute approximate surface area is 260 Å². The van der Waals surface area contributed by atoms with E-state index >= 15 is 0 Å². The molecule has 0 unspecified atom stereocenters. The molecule has 3 aromatic carbocycles. The van der Waals surface area contributed by atoms with Gasteiger partial charge in [0.1, 0.15) is 0 Å². The molecule has 7 heteroatoms. The number of rotatable bonds is 8. The number of pyridine rings is 1. The summed E-state index contributed by atoms with van der Waals surface area (Å²) in [5.41, 5.74) is 3.18. The summed E-state index contributed by atoms with van der Waals surface area (Å²) in [7, 11) is 0. The number of fused-ring (bicyclic) bond motifs is 3. The molecule has 42 heavy (non-hydrogen) atoms. The molecule has 4 rings (SSSR count). The molecule has 0 aliphatic carbocycles.